The van der Waals surface area contributed by atoms with E-state index < -0.39 is 17.9 Å². The molecule has 0 aliphatic carbocycles. The number of benzene rings is 1. The van der Waals surface area contributed by atoms with Crippen molar-refractivity contribution in [3.05, 3.63) is 33.4 Å². The molecule has 69 heavy (non-hydrogen) atoms. The van der Waals surface area contributed by atoms with Crippen LogP contribution in [0.5, 0.6) is 0 Å². The van der Waals surface area contributed by atoms with E-state index in [-0.39, 0.29) is 28.7 Å². The van der Waals surface area contributed by atoms with Crippen molar-refractivity contribution in [3.8, 4) is 0 Å². The Hall–Kier alpha value is -2.37. The van der Waals surface area contributed by atoms with Gasteiger partial charge in [-0.05, 0) is 55.2 Å². The van der Waals surface area contributed by atoms with Crippen LogP contribution in [0, 0.1) is 0 Å². The van der Waals surface area contributed by atoms with Crippen molar-refractivity contribution in [2.75, 3.05) is 0 Å². The molecule has 0 atom stereocenters. The van der Waals surface area contributed by atoms with Gasteiger partial charge in [0.15, 0.2) is 0 Å². The summed E-state index contributed by atoms with van der Waals surface area (Å²) in [7, 11) is 0. The first-order chi connectivity index (χ1) is 33.8. The van der Waals surface area contributed by atoms with Crippen LogP contribution in [0.2, 0.25) is 0 Å². The lowest BCUT2D eigenvalue weighted by Crippen LogP contribution is -2.22. The fraction of sp³-hybridized carbons (Fsp3) is 0.857. The van der Waals surface area contributed by atoms with Crippen LogP contribution in [0.15, 0.2) is 0 Å². The summed E-state index contributed by atoms with van der Waals surface area (Å²) in [6.07, 6.45) is 60.7. The van der Waals surface area contributed by atoms with Gasteiger partial charge in [-0.2, -0.15) is 0 Å². The number of carboxylic acids is 3. The largest absolute Gasteiger partial charge is 0.478 e. The first-order valence-corrected chi connectivity index (χ1v) is 30.7. The number of hydrogen-bond acceptors (Lipinski definition) is 3. The maximum Gasteiger partial charge on any atom is 0.336 e. The Kier molecular flexibility index (Phi) is 44.9. The summed E-state index contributed by atoms with van der Waals surface area (Å²) in [5.41, 5.74) is 0.974. The predicted octanol–water partition coefficient (Wildman–Crippen LogP) is 21.2. The van der Waals surface area contributed by atoms with Gasteiger partial charge in [-0.15, -0.1) is 0 Å². The maximum absolute atomic E-state index is 13.3. The minimum absolute atomic E-state index is 0.0887. The third-order valence-electron chi connectivity index (χ3n) is 15.3. The van der Waals surface area contributed by atoms with Crippen LogP contribution < -0.4 is 0 Å². The fourth-order valence-corrected chi connectivity index (χ4v) is 11.0. The van der Waals surface area contributed by atoms with Crippen LogP contribution in [-0.2, 0) is 19.3 Å². The highest BCUT2D eigenvalue weighted by Gasteiger charge is 2.32. The average Bonchev–Trinajstić information content (AvgIpc) is 3.33. The Balaban J connectivity index is 2.84. The summed E-state index contributed by atoms with van der Waals surface area (Å²) in [4.78, 5) is 39.5. The van der Waals surface area contributed by atoms with Gasteiger partial charge in [-0.3, -0.25) is 0 Å². The Labute approximate surface area is 427 Å². The van der Waals surface area contributed by atoms with Crippen LogP contribution in [0.4, 0.5) is 0 Å². The van der Waals surface area contributed by atoms with E-state index in [1.165, 1.54) is 231 Å². The molecule has 0 aromatic heterocycles. The van der Waals surface area contributed by atoms with Crippen LogP contribution in [0.3, 0.4) is 0 Å². The van der Waals surface area contributed by atoms with Crippen LogP contribution in [-0.4, -0.2) is 33.2 Å². The Morgan fingerprint density at radius 1 is 0.217 bits per heavy atom. The van der Waals surface area contributed by atoms with Crippen molar-refractivity contribution in [2.24, 2.45) is 0 Å². The topological polar surface area (TPSA) is 112 Å². The molecule has 0 fully saturated rings. The summed E-state index contributed by atoms with van der Waals surface area (Å²) in [6, 6.07) is 0. The second-order valence-electron chi connectivity index (χ2n) is 21.6. The lowest BCUT2D eigenvalue weighted by molar-refractivity contribution is 0.0646. The fourth-order valence-electron chi connectivity index (χ4n) is 11.0. The second kappa shape index (κ2) is 47.9. The molecule has 6 heteroatoms. The van der Waals surface area contributed by atoms with E-state index in [1.807, 2.05) is 0 Å². The molecule has 3 N–H and O–H groups in total. The van der Waals surface area contributed by atoms with E-state index >= 15 is 0 Å². The molecule has 0 aliphatic heterocycles. The standard InChI is InChI=1S/C63H114O6/c1-4-7-10-13-16-19-22-25-28-31-34-37-40-43-46-49-52-55-56(53-50-47-44-41-38-35-32-29-26-23-20-17-14-11-8-5-2)59(62(66)67)60(63(68)69)57(58(55)61(64)65)54-51-48-45-42-39-36-33-30-27-24-21-18-15-12-9-6-3/h4-54H2,1-3H3,(H,64,65)(H,66,67)(H,68,69). The minimum atomic E-state index is -1.32. The second-order valence-corrected chi connectivity index (χ2v) is 21.6. The quantitative estimate of drug-likeness (QED) is 0.0561. The molecule has 0 aliphatic rings. The van der Waals surface area contributed by atoms with Crippen LogP contribution in [0.25, 0.3) is 0 Å². The van der Waals surface area contributed by atoms with Crippen molar-refractivity contribution in [1.29, 1.82) is 0 Å². The molecule has 1 aromatic rings. The third-order valence-corrected chi connectivity index (χ3v) is 15.3. The zero-order valence-corrected chi connectivity index (χ0v) is 46.1. The first-order valence-electron chi connectivity index (χ1n) is 30.7. The highest BCUT2D eigenvalue weighted by molar-refractivity contribution is 6.07. The Morgan fingerprint density at radius 3 is 0.551 bits per heavy atom. The average molecular weight is 968 g/mol. The molecule has 0 saturated carbocycles. The lowest BCUT2D eigenvalue weighted by atomic mass is 9.80. The zero-order chi connectivity index (χ0) is 50.3. The summed E-state index contributed by atoms with van der Waals surface area (Å²) in [6.45, 7) is 6.81. The SMILES string of the molecule is CCCCCCCCCCCCCCCCCCc1c(CCCCCCCCCCCCCCCCCC)c(C(=O)O)c(C(=O)O)c(CCCCCCCCCCCCCCCCCC)c1C(=O)O. The van der Waals surface area contributed by atoms with Crippen LogP contribution >= 0.6 is 0 Å². The molecular formula is C63H114O6. The summed E-state index contributed by atoms with van der Waals surface area (Å²) in [5, 5.41) is 32.2. The Morgan fingerprint density at radius 2 is 0.362 bits per heavy atom. The van der Waals surface area contributed by atoms with Crippen molar-refractivity contribution in [1.82, 2.24) is 0 Å². The number of rotatable bonds is 54. The van der Waals surface area contributed by atoms with E-state index in [1.54, 1.807) is 0 Å². The van der Waals surface area contributed by atoms with Crippen molar-refractivity contribution in [2.45, 2.75) is 348 Å². The molecule has 0 amide bonds. The highest BCUT2D eigenvalue weighted by atomic mass is 16.4. The van der Waals surface area contributed by atoms with Gasteiger partial charge in [0, 0.05) is 0 Å². The maximum atomic E-state index is 13.3. The monoisotopic (exact) mass is 967 g/mol. The lowest BCUT2D eigenvalue weighted by Gasteiger charge is -2.22. The van der Waals surface area contributed by atoms with Gasteiger partial charge in [0.1, 0.15) is 0 Å². The van der Waals surface area contributed by atoms with Crippen molar-refractivity contribution in [3.63, 3.8) is 0 Å². The van der Waals surface area contributed by atoms with E-state index in [0.29, 0.717) is 30.4 Å². The molecule has 0 spiro atoms. The number of aromatic carboxylic acids is 3. The van der Waals surface area contributed by atoms with Gasteiger partial charge in [-0.1, -0.05) is 310 Å². The van der Waals surface area contributed by atoms with E-state index in [9.17, 15) is 29.7 Å². The number of carboxylic acid groups (broad SMARTS) is 3. The molecule has 1 aromatic carbocycles. The van der Waals surface area contributed by atoms with Gasteiger partial charge in [-0.25, -0.2) is 14.4 Å². The molecule has 0 unspecified atom stereocenters. The summed E-state index contributed by atoms with van der Waals surface area (Å²) >= 11 is 0. The normalized spacial score (nSPS) is 11.5. The molecule has 0 saturated heterocycles. The minimum Gasteiger partial charge on any atom is -0.478 e. The molecule has 1 rings (SSSR count). The van der Waals surface area contributed by atoms with Crippen molar-refractivity contribution < 1.29 is 29.7 Å². The van der Waals surface area contributed by atoms with Gasteiger partial charge in [0.2, 0.25) is 0 Å². The highest BCUT2D eigenvalue weighted by Crippen LogP contribution is 2.34. The van der Waals surface area contributed by atoms with Gasteiger partial charge >= 0.3 is 17.9 Å². The van der Waals surface area contributed by atoms with Gasteiger partial charge < -0.3 is 15.3 Å². The van der Waals surface area contributed by atoms with E-state index in [0.717, 1.165) is 70.6 Å². The molecule has 0 bridgehead atoms. The van der Waals surface area contributed by atoms with E-state index in [2.05, 4.69) is 20.8 Å². The number of hydrogen-bond donors (Lipinski definition) is 3. The van der Waals surface area contributed by atoms with Gasteiger partial charge in [0.05, 0.1) is 16.7 Å². The molecule has 6 nitrogen and oxygen atoms in total. The smallest absolute Gasteiger partial charge is 0.336 e. The third kappa shape index (κ3) is 34.6. The van der Waals surface area contributed by atoms with Gasteiger partial charge in [0.25, 0.3) is 0 Å². The molecule has 0 heterocycles. The van der Waals surface area contributed by atoms with Crippen LogP contribution in [0.1, 0.15) is 377 Å². The summed E-state index contributed by atoms with van der Waals surface area (Å²) in [5.74, 6) is -3.67. The van der Waals surface area contributed by atoms with Crippen molar-refractivity contribution >= 4 is 17.9 Å². The molecule has 0 radical (unpaired) electrons. The Bertz CT molecular complexity index is 1370. The zero-order valence-electron chi connectivity index (χ0n) is 46.1. The predicted molar refractivity (Wildman–Crippen MR) is 297 cm³/mol. The summed E-state index contributed by atoms with van der Waals surface area (Å²) < 4.78 is 0. The molecular weight excluding hydrogens is 853 g/mol. The first kappa shape index (κ1) is 64.6. The molecule has 402 valence electrons. The number of unbranched alkanes of at least 4 members (excludes halogenated alkanes) is 45. The van der Waals surface area contributed by atoms with E-state index in [4.69, 9.17) is 0 Å². The number of carbonyl (C=O) groups is 3.